The van der Waals surface area contributed by atoms with Crippen LogP contribution in [0, 0.1) is 11.6 Å². The lowest BCUT2D eigenvalue weighted by molar-refractivity contribution is -0.124. The Bertz CT molecular complexity index is 1050. The summed E-state index contributed by atoms with van der Waals surface area (Å²) >= 11 is 1.03. The van der Waals surface area contributed by atoms with Gasteiger partial charge in [0, 0.05) is 11.6 Å². The van der Waals surface area contributed by atoms with Gasteiger partial charge in [0.05, 0.1) is 17.1 Å². The summed E-state index contributed by atoms with van der Waals surface area (Å²) in [4.78, 5) is 35.0. The summed E-state index contributed by atoms with van der Waals surface area (Å²) < 4.78 is 26.9. The molecule has 1 atom stereocenters. The van der Waals surface area contributed by atoms with Gasteiger partial charge in [-0.2, -0.15) is 0 Å². The van der Waals surface area contributed by atoms with Gasteiger partial charge >= 0.3 is 0 Å². The van der Waals surface area contributed by atoms with Crippen LogP contribution >= 0.6 is 11.8 Å². The third-order valence-electron chi connectivity index (χ3n) is 4.19. The summed E-state index contributed by atoms with van der Waals surface area (Å²) in [6.07, 6.45) is 0. The van der Waals surface area contributed by atoms with E-state index in [0.29, 0.717) is 16.7 Å². The van der Waals surface area contributed by atoms with Gasteiger partial charge in [-0.1, -0.05) is 23.9 Å². The fourth-order valence-electron chi connectivity index (χ4n) is 2.88. The van der Waals surface area contributed by atoms with Crippen molar-refractivity contribution < 1.29 is 18.4 Å². The van der Waals surface area contributed by atoms with Crippen molar-refractivity contribution in [1.82, 2.24) is 4.90 Å². The van der Waals surface area contributed by atoms with E-state index >= 15 is 0 Å². The molecule has 0 aromatic heterocycles. The number of thioether (sulfide) groups is 1. The number of benzene rings is 2. The number of fused-ring (bicyclic) bond motifs is 3. The molecular formula is C19H14F2N4O2S. The van der Waals surface area contributed by atoms with Gasteiger partial charge in [0.2, 0.25) is 5.91 Å². The lowest BCUT2D eigenvalue weighted by Gasteiger charge is -2.25. The first-order chi connectivity index (χ1) is 13.4. The van der Waals surface area contributed by atoms with Crippen LogP contribution < -0.4 is 5.32 Å². The molecule has 142 valence electrons. The average molecular weight is 400 g/mol. The number of carbonyl (C=O) groups is 2. The molecule has 9 heteroatoms. The van der Waals surface area contributed by atoms with E-state index in [0.717, 1.165) is 35.5 Å². The van der Waals surface area contributed by atoms with Crippen LogP contribution in [0.1, 0.15) is 12.5 Å². The van der Waals surface area contributed by atoms with Gasteiger partial charge in [0.15, 0.2) is 5.17 Å². The minimum Gasteiger partial charge on any atom is -0.323 e. The predicted molar refractivity (Wildman–Crippen MR) is 104 cm³/mol. The number of para-hydroxylation sites is 1. The van der Waals surface area contributed by atoms with Crippen molar-refractivity contribution in [3.8, 4) is 0 Å². The number of nitrogens with zero attached hydrogens (tertiary/aromatic N) is 3. The molecule has 0 saturated carbocycles. The van der Waals surface area contributed by atoms with Crippen LogP contribution in [0.5, 0.6) is 0 Å². The number of anilines is 1. The van der Waals surface area contributed by atoms with Crippen LogP contribution in [-0.2, 0) is 9.59 Å². The topological polar surface area (TPSA) is 74.1 Å². The Balaban J connectivity index is 1.53. The Morgan fingerprint density at radius 1 is 1.25 bits per heavy atom. The molecule has 0 spiro atoms. The molecule has 2 amide bonds. The molecule has 2 aliphatic heterocycles. The molecule has 0 aliphatic carbocycles. The summed E-state index contributed by atoms with van der Waals surface area (Å²) in [6.45, 7) is 1.69. The van der Waals surface area contributed by atoms with E-state index in [-0.39, 0.29) is 17.3 Å². The molecule has 2 aromatic rings. The van der Waals surface area contributed by atoms with Gasteiger partial charge in [-0.05, 0) is 31.2 Å². The average Bonchev–Trinajstić information content (AvgIpc) is 2.98. The quantitative estimate of drug-likeness (QED) is 0.859. The summed E-state index contributed by atoms with van der Waals surface area (Å²) in [7, 11) is 0. The molecule has 2 heterocycles. The van der Waals surface area contributed by atoms with Gasteiger partial charge in [0.25, 0.3) is 5.91 Å². The standard InChI is InChI=1S/C19H14F2N4O2S/c1-10-18(27)25-17(22-10)12-4-2-3-5-14(12)24-19(25)28-9-16(26)23-15-8-11(20)6-7-13(15)21/h2-8,10H,9H2,1H3,(H,23,26)/t10-/m0/s1. The van der Waals surface area contributed by atoms with Crippen molar-refractivity contribution in [3.63, 3.8) is 0 Å². The minimum atomic E-state index is -0.735. The smallest absolute Gasteiger partial charge is 0.258 e. The lowest BCUT2D eigenvalue weighted by atomic mass is 10.1. The molecule has 2 aliphatic rings. The molecule has 2 aromatic carbocycles. The fourth-order valence-corrected chi connectivity index (χ4v) is 3.68. The number of rotatable bonds is 3. The van der Waals surface area contributed by atoms with Gasteiger partial charge in [-0.3, -0.25) is 14.6 Å². The number of carbonyl (C=O) groups excluding carboxylic acids is 2. The van der Waals surface area contributed by atoms with E-state index in [9.17, 15) is 18.4 Å². The summed E-state index contributed by atoms with van der Waals surface area (Å²) in [6, 6.07) is 9.55. The van der Waals surface area contributed by atoms with E-state index in [2.05, 4.69) is 15.3 Å². The van der Waals surface area contributed by atoms with Crippen molar-refractivity contribution in [2.24, 2.45) is 9.98 Å². The number of nitrogens with one attached hydrogen (secondary N) is 1. The SMILES string of the molecule is C[C@@H]1N=C2c3ccccc3N=C(SCC(=O)Nc3cc(F)ccc3F)N2C1=O. The molecule has 4 rings (SSSR count). The summed E-state index contributed by atoms with van der Waals surface area (Å²) in [5.74, 6) is -1.80. The molecule has 0 radical (unpaired) electrons. The Hall–Kier alpha value is -3.07. The van der Waals surface area contributed by atoms with Crippen molar-refractivity contribution in [2.75, 3.05) is 11.1 Å². The number of aliphatic imine (C=N–C) groups is 2. The van der Waals surface area contributed by atoms with Gasteiger partial charge < -0.3 is 5.32 Å². The highest BCUT2D eigenvalue weighted by Gasteiger charge is 2.39. The normalized spacial score (nSPS) is 17.6. The van der Waals surface area contributed by atoms with E-state index in [4.69, 9.17) is 0 Å². The maximum absolute atomic E-state index is 13.7. The van der Waals surface area contributed by atoms with Crippen LogP contribution in [0.3, 0.4) is 0 Å². The van der Waals surface area contributed by atoms with E-state index in [1.54, 1.807) is 13.0 Å². The van der Waals surface area contributed by atoms with Crippen LogP contribution in [0.15, 0.2) is 52.4 Å². The minimum absolute atomic E-state index is 0.137. The van der Waals surface area contributed by atoms with Crippen molar-refractivity contribution in [3.05, 3.63) is 59.7 Å². The molecule has 28 heavy (non-hydrogen) atoms. The highest BCUT2D eigenvalue weighted by molar-refractivity contribution is 8.14. The predicted octanol–water partition coefficient (Wildman–Crippen LogP) is 3.32. The first kappa shape index (κ1) is 18.3. The van der Waals surface area contributed by atoms with Crippen LogP contribution in [-0.4, -0.2) is 39.5 Å². The maximum atomic E-state index is 13.7. The number of hydrogen-bond acceptors (Lipinski definition) is 5. The van der Waals surface area contributed by atoms with Crippen LogP contribution in [0.2, 0.25) is 0 Å². The monoisotopic (exact) mass is 400 g/mol. The Kier molecular flexibility index (Phi) is 4.68. The molecule has 0 unspecified atom stereocenters. The largest absolute Gasteiger partial charge is 0.323 e. The molecule has 6 nitrogen and oxygen atoms in total. The Morgan fingerprint density at radius 2 is 2.04 bits per heavy atom. The highest BCUT2D eigenvalue weighted by Crippen LogP contribution is 2.33. The number of amidine groups is 2. The molecular weight excluding hydrogens is 386 g/mol. The fraction of sp³-hybridized carbons (Fsp3) is 0.158. The van der Waals surface area contributed by atoms with E-state index in [1.807, 2.05) is 18.2 Å². The zero-order valence-corrected chi connectivity index (χ0v) is 15.5. The zero-order valence-electron chi connectivity index (χ0n) is 14.6. The number of amides is 2. The van der Waals surface area contributed by atoms with E-state index in [1.165, 1.54) is 4.90 Å². The van der Waals surface area contributed by atoms with Gasteiger partial charge in [-0.15, -0.1) is 0 Å². The van der Waals surface area contributed by atoms with Gasteiger partial charge in [0.1, 0.15) is 23.5 Å². The number of hydrogen-bond donors (Lipinski definition) is 1. The second-order valence-corrected chi connectivity index (χ2v) is 7.12. The summed E-state index contributed by atoms with van der Waals surface area (Å²) in [5.41, 5.74) is 1.16. The first-order valence-corrected chi connectivity index (χ1v) is 9.40. The zero-order chi connectivity index (χ0) is 19.8. The highest BCUT2D eigenvalue weighted by atomic mass is 32.2. The van der Waals surface area contributed by atoms with Crippen molar-refractivity contribution >= 4 is 46.0 Å². The first-order valence-electron chi connectivity index (χ1n) is 8.41. The molecule has 0 bridgehead atoms. The molecule has 0 saturated heterocycles. The third-order valence-corrected chi connectivity index (χ3v) is 5.13. The van der Waals surface area contributed by atoms with Crippen LogP contribution in [0.4, 0.5) is 20.2 Å². The molecule has 1 N–H and O–H groups in total. The third kappa shape index (κ3) is 3.29. The second-order valence-electron chi connectivity index (χ2n) is 6.17. The Morgan fingerprint density at radius 3 is 2.86 bits per heavy atom. The number of halogens is 2. The van der Waals surface area contributed by atoms with Crippen molar-refractivity contribution in [2.45, 2.75) is 13.0 Å². The van der Waals surface area contributed by atoms with E-state index < -0.39 is 23.6 Å². The van der Waals surface area contributed by atoms with Crippen molar-refractivity contribution in [1.29, 1.82) is 0 Å². The van der Waals surface area contributed by atoms with Gasteiger partial charge in [-0.25, -0.2) is 18.7 Å². The van der Waals surface area contributed by atoms with Crippen LogP contribution in [0.25, 0.3) is 0 Å². The Labute approximate surface area is 163 Å². The second kappa shape index (κ2) is 7.16. The molecule has 0 fully saturated rings. The summed E-state index contributed by atoms with van der Waals surface area (Å²) in [5, 5.41) is 2.65. The lowest BCUT2D eigenvalue weighted by Crippen LogP contribution is -2.41. The maximum Gasteiger partial charge on any atom is 0.258 e.